The van der Waals surface area contributed by atoms with Crippen molar-refractivity contribution in [3.05, 3.63) is 29.3 Å². The molecular weight excluding hydrogens is 248 g/mol. The Bertz CT molecular complexity index is 540. The Morgan fingerprint density at radius 1 is 1.44 bits per heavy atom. The van der Waals surface area contributed by atoms with Crippen molar-refractivity contribution in [2.24, 2.45) is 5.73 Å². The number of aryl methyl sites for hydroxylation is 1. The highest BCUT2D eigenvalue weighted by Gasteiger charge is 2.31. The third-order valence-electron chi connectivity index (χ3n) is 3.60. The van der Waals surface area contributed by atoms with Gasteiger partial charge in [-0.3, -0.25) is 0 Å². The minimum atomic E-state index is -2.85. The molecule has 0 amide bonds. The van der Waals surface area contributed by atoms with E-state index in [9.17, 15) is 8.42 Å². The van der Waals surface area contributed by atoms with Crippen LogP contribution in [-0.2, 0) is 16.4 Å². The number of sulfone groups is 1. The molecule has 4 nitrogen and oxygen atoms in total. The second kappa shape index (κ2) is 4.90. The van der Waals surface area contributed by atoms with Crippen molar-refractivity contribution in [2.45, 2.75) is 25.9 Å². The van der Waals surface area contributed by atoms with E-state index in [0.717, 1.165) is 16.8 Å². The van der Waals surface area contributed by atoms with Crippen molar-refractivity contribution in [3.63, 3.8) is 0 Å². The summed E-state index contributed by atoms with van der Waals surface area (Å²) in [6.07, 6.45) is 0.705. The van der Waals surface area contributed by atoms with E-state index in [1.165, 1.54) is 0 Å². The summed E-state index contributed by atoms with van der Waals surface area (Å²) in [5.41, 5.74) is 9.03. The lowest BCUT2D eigenvalue weighted by Crippen LogP contribution is -2.33. The van der Waals surface area contributed by atoms with Crippen molar-refractivity contribution in [1.29, 1.82) is 0 Å². The summed E-state index contributed by atoms with van der Waals surface area (Å²) in [6.45, 7) is 2.50. The number of hydrogen-bond donors (Lipinski definition) is 1. The zero-order valence-electron chi connectivity index (χ0n) is 10.9. The van der Waals surface area contributed by atoms with Gasteiger partial charge in [0.1, 0.15) is 0 Å². The van der Waals surface area contributed by atoms with E-state index < -0.39 is 9.84 Å². The molecule has 1 aliphatic heterocycles. The Kier molecular flexibility index (Phi) is 3.64. The quantitative estimate of drug-likeness (QED) is 0.891. The molecule has 1 unspecified atom stereocenters. The molecule has 1 aliphatic rings. The monoisotopic (exact) mass is 268 g/mol. The predicted molar refractivity (Wildman–Crippen MR) is 74.5 cm³/mol. The molecule has 0 radical (unpaired) electrons. The minimum Gasteiger partial charge on any atom is -0.370 e. The van der Waals surface area contributed by atoms with Gasteiger partial charge in [0.15, 0.2) is 9.84 Å². The van der Waals surface area contributed by atoms with Crippen LogP contribution in [0.4, 0.5) is 5.69 Å². The summed E-state index contributed by atoms with van der Waals surface area (Å²) < 4.78 is 23.1. The fourth-order valence-electron chi connectivity index (χ4n) is 2.45. The topological polar surface area (TPSA) is 63.4 Å². The second-order valence-electron chi connectivity index (χ2n) is 5.00. The Labute approximate surface area is 109 Å². The number of benzene rings is 1. The molecule has 2 N–H and O–H groups in total. The summed E-state index contributed by atoms with van der Waals surface area (Å²) in [5.74, 6) is 0.549. The fraction of sp³-hybridized carbons (Fsp3) is 0.538. The maximum Gasteiger partial charge on any atom is 0.152 e. The summed E-state index contributed by atoms with van der Waals surface area (Å²) in [5, 5.41) is 0. The summed E-state index contributed by atoms with van der Waals surface area (Å²) in [7, 11) is -0.893. The van der Waals surface area contributed by atoms with Crippen LogP contribution in [0, 0.1) is 6.92 Å². The maximum atomic E-state index is 11.5. The Morgan fingerprint density at radius 3 is 2.72 bits per heavy atom. The molecule has 1 atom stereocenters. The smallest absolute Gasteiger partial charge is 0.152 e. The lowest BCUT2D eigenvalue weighted by molar-refractivity contribution is 0.601. The van der Waals surface area contributed by atoms with Crippen LogP contribution in [0.3, 0.4) is 0 Å². The first kappa shape index (κ1) is 13.4. The summed E-state index contributed by atoms with van der Waals surface area (Å²) >= 11 is 0. The van der Waals surface area contributed by atoms with Crippen LogP contribution in [-0.4, -0.2) is 33.0 Å². The Balaban J connectivity index is 2.28. The van der Waals surface area contributed by atoms with Crippen molar-refractivity contribution < 1.29 is 8.42 Å². The first-order valence-electron chi connectivity index (χ1n) is 6.16. The molecule has 1 fully saturated rings. The molecule has 5 heteroatoms. The summed E-state index contributed by atoms with van der Waals surface area (Å²) in [6, 6.07) is 6.20. The second-order valence-corrected chi connectivity index (χ2v) is 7.23. The zero-order chi connectivity index (χ0) is 13.3. The lowest BCUT2D eigenvalue weighted by atomic mass is 10.1. The van der Waals surface area contributed by atoms with Gasteiger partial charge in [0.2, 0.25) is 0 Å². The van der Waals surface area contributed by atoms with E-state index in [1.54, 1.807) is 0 Å². The van der Waals surface area contributed by atoms with Gasteiger partial charge in [0.05, 0.1) is 11.5 Å². The van der Waals surface area contributed by atoms with Crippen LogP contribution < -0.4 is 10.6 Å². The van der Waals surface area contributed by atoms with Gasteiger partial charge in [0.25, 0.3) is 0 Å². The van der Waals surface area contributed by atoms with Crippen molar-refractivity contribution in [2.75, 3.05) is 23.5 Å². The third-order valence-corrected chi connectivity index (χ3v) is 5.35. The molecule has 0 aromatic heterocycles. The van der Waals surface area contributed by atoms with Crippen LogP contribution in [0.1, 0.15) is 17.5 Å². The molecule has 1 heterocycles. The lowest BCUT2D eigenvalue weighted by Gasteiger charge is -2.28. The number of rotatable bonds is 3. The van der Waals surface area contributed by atoms with Crippen LogP contribution >= 0.6 is 0 Å². The number of nitrogens with zero attached hydrogens (tertiary/aromatic N) is 1. The van der Waals surface area contributed by atoms with Crippen LogP contribution in [0.25, 0.3) is 0 Å². The average Bonchev–Trinajstić information content (AvgIpc) is 2.68. The SMILES string of the molecule is Cc1ccc(CN)c(N(C)C2CCS(=O)(=O)C2)c1. The Morgan fingerprint density at radius 2 is 2.17 bits per heavy atom. The highest BCUT2D eigenvalue weighted by atomic mass is 32.2. The van der Waals surface area contributed by atoms with E-state index in [1.807, 2.05) is 26.1 Å². The molecule has 0 aliphatic carbocycles. The van der Waals surface area contributed by atoms with E-state index in [2.05, 4.69) is 11.0 Å². The summed E-state index contributed by atoms with van der Waals surface area (Å²) in [4.78, 5) is 2.07. The minimum absolute atomic E-state index is 0.0714. The molecule has 1 saturated heterocycles. The van der Waals surface area contributed by atoms with E-state index in [4.69, 9.17) is 5.73 Å². The molecule has 0 bridgehead atoms. The highest BCUT2D eigenvalue weighted by Crippen LogP contribution is 2.26. The van der Waals surface area contributed by atoms with Gasteiger partial charge in [-0.15, -0.1) is 0 Å². The molecule has 2 rings (SSSR count). The predicted octanol–water partition coefficient (Wildman–Crippen LogP) is 1.08. The standard InChI is InChI=1S/C13H20N2O2S/c1-10-3-4-11(8-14)13(7-10)15(2)12-5-6-18(16,17)9-12/h3-4,7,12H,5-6,8-9,14H2,1-2H3. The fourth-order valence-corrected chi connectivity index (χ4v) is 4.23. The van der Waals surface area contributed by atoms with E-state index >= 15 is 0 Å². The van der Waals surface area contributed by atoms with Crippen molar-refractivity contribution in [1.82, 2.24) is 0 Å². The number of nitrogens with two attached hydrogens (primary N) is 1. The van der Waals surface area contributed by atoms with Crippen molar-refractivity contribution in [3.8, 4) is 0 Å². The van der Waals surface area contributed by atoms with Gasteiger partial charge in [-0.05, 0) is 30.5 Å². The van der Waals surface area contributed by atoms with Crippen LogP contribution in [0.5, 0.6) is 0 Å². The van der Waals surface area contributed by atoms with Crippen LogP contribution in [0.2, 0.25) is 0 Å². The molecule has 0 spiro atoms. The normalized spacial score (nSPS) is 22.1. The van der Waals surface area contributed by atoms with Crippen molar-refractivity contribution >= 4 is 15.5 Å². The first-order valence-corrected chi connectivity index (χ1v) is 7.98. The number of hydrogen-bond acceptors (Lipinski definition) is 4. The van der Waals surface area contributed by atoms with E-state index in [0.29, 0.717) is 18.7 Å². The third kappa shape index (κ3) is 2.67. The zero-order valence-corrected chi connectivity index (χ0v) is 11.7. The first-order chi connectivity index (χ1) is 8.43. The van der Waals surface area contributed by atoms with Gasteiger partial charge in [-0.25, -0.2) is 8.42 Å². The van der Waals surface area contributed by atoms with Gasteiger partial charge < -0.3 is 10.6 Å². The molecule has 0 saturated carbocycles. The molecule has 100 valence electrons. The largest absolute Gasteiger partial charge is 0.370 e. The Hall–Kier alpha value is -1.07. The number of anilines is 1. The van der Waals surface area contributed by atoms with E-state index in [-0.39, 0.29) is 11.8 Å². The molecular formula is C13H20N2O2S. The van der Waals surface area contributed by atoms with Gasteiger partial charge in [-0.2, -0.15) is 0 Å². The molecule has 1 aromatic carbocycles. The molecule has 18 heavy (non-hydrogen) atoms. The van der Waals surface area contributed by atoms with Gasteiger partial charge >= 0.3 is 0 Å². The highest BCUT2D eigenvalue weighted by molar-refractivity contribution is 7.91. The average molecular weight is 268 g/mol. The molecule has 1 aromatic rings. The van der Waals surface area contributed by atoms with Gasteiger partial charge in [-0.1, -0.05) is 12.1 Å². The van der Waals surface area contributed by atoms with Gasteiger partial charge in [0, 0.05) is 25.3 Å². The maximum absolute atomic E-state index is 11.5. The van der Waals surface area contributed by atoms with Crippen LogP contribution in [0.15, 0.2) is 18.2 Å².